The van der Waals surface area contributed by atoms with E-state index in [1.807, 2.05) is 49.4 Å². The third kappa shape index (κ3) is 9.72. The summed E-state index contributed by atoms with van der Waals surface area (Å²) in [6, 6.07) is 17.2. The summed E-state index contributed by atoms with van der Waals surface area (Å²) >= 11 is 0. The molecule has 2 atom stereocenters. The molecule has 2 unspecified atom stereocenters. The molecule has 2 aromatic rings. The minimum atomic E-state index is -0.766. The molecule has 224 valence electrons. The summed E-state index contributed by atoms with van der Waals surface area (Å²) in [5.41, 5.74) is 1.27. The van der Waals surface area contributed by atoms with Crippen LogP contribution in [0.5, 0.6) is 5.75 Å². The summed E-state index contributed by atoms with van der Waals surface area (Å²) in [7, 11) is 0. The van der Waals surface area contributed by atoms with Gasteiger partial charge in [0, 0.05) is 12.0 Å². The van der Waals surface area contributed by atoms with Gasteiger partial charge in [-0.15, -0.1) is 0 Å². The number of ether oxygens (including phenoxy) is 2. The highest BCUT2D eigenvalue weighted by Gasteiger charge is 2.41. The van der Waals surface area contributed by atoms with Gasteiger partial charge in [0.1, 0.15) is 17.9 Å². The molecule has 1 saturated heterocycles. The lowest BCUT2D eigenvalue weighted by molar-refractivity contribution is -0.164. The zero-order valence-electron chi connectivity index (χ0n) is 25.5. The number of ketones is 1. The molecule has 1 heterocycles. The third-order valence-electron chi connectivity index (χ3n) is 8.27. The highest BCUT2D eigenvalue weighted by atomic mass is 16.5. The van der Waals surface area contributed by atoms with Crippen molar-refractivity contribution in [2.24, 2.45) is 5.41 Å². The molecule has 6 heteroatoms. The van der Waals surface area contributed by atoms with Crippen molar-refractivity contribution in [3.8, 4) is 5.75 Å². The molecular formula is C35H49NO5. The monoisotopic (exact) mass is 563 g/mol. The molecule has 3 rings (SSSR count). The Morgan fingerprint density at radius 2 is 1.71 bits per heavy atom. The van der Waals surface area contributed by atoms with Gasteiger partial charge in [-0.2, -0.15) is 0 Å². The van der Waals surface area contributed by atoms with Crippen LogP contribution in [0, 0.1) is 5.41 Å². The van der Waals surface area contributed by atoms with E-state index in [1.54, 1.807) is 13.8 Å². The van der Waals surface area contributed by atoms with Gasteiger partial charge in [0.05, 0.1) is 6.61 Å². The first-order chi connectivity index (χ1) is 19.8. The number of hydrogen-bond donors (Lipinski definition) is 0. The molecule has 1 amide bonds. The predicted octanol–water partition coefficient (Wildman–Crippen LogP) is 7.64. The van der Waals surface area contributed by atoms with Gasteiger partial charge in [-0.1, -0.05) is 95.8 Å². The Kier molecular flexibility index (Phi) is 12.9. The molecular weight excluding hydrogens is 514 g/mol. The molecule has 0 radical (unpaired) electrons. The van der Waals surface area contributed by atoms with E-state index in [0.717, 1.165) is 49.0 Å². The highest BCUT2D eigenvalue weighted by molar-refractivity contribution is 6.38. The van der Waals surface area contributed by atoms with Gasteiger partial charge in [0.15, 0.2) is 0 Å². The van der Waals surface area contributed by atoms with Crippen molar-refractivity contribution in [3.05, 3.63) is 65.7 Å². The largest absolute Gasteiger partial charge is 0.494 e. The molecule has 2 aromatic carbocycles. The Labute approximate surface area is 246 Å². The first-order valence-corrected chi connectivity index (χ1v) is 15.6. The van der Waals surface area contributed by atoms with Crippen molar-refractivity contribution in [2.75, 3.05) is 13.2 Å². The van der Waals surface area contributed by atoms with Crippen molar-refractivity contribution in [1.29, 1.82) is 0 Å². The molecule has 0 aromatic heterocycles. The SMILES string of the molecule is CCCCCCCOc1cccc(C(CCc2ccccc2)OC(=O)C2CCCCN2C(=O)C(=O)C(C)(C)CC)c1. The number of esters is 1. The molecule has 0 saturated carbocycles. The number of aryl methyl sites for hydroxylation is 1. The summed E-state index contributed by atoms with van der Waals surface area (Å²) in [6.07, 6.45) is 9.30. The van der Waals surface area contributed by atoms with Gasteiger partial charge >= 0.3 is 5.97 Å². The number of carbonyl (C=O) groups excluding carboxylic acids is 3. The van der Waals surface area contributed by atoms with E-state index in [2.05, 4.69) is 19.1 Å². The minimum Gasteiger partial charge on any atom is -0.494 e. The average Bonchev–Trinajstić information content (AvgIpc) is 3.00. The smallest absolute Gasteiger partial charge is 0.329 e. The fourth-order valence-corrected chi connectivity index (χ4v) is 5.16. The average molecular weight is 564 g/mol. The molecule has 0 bridgehead atoms. The van der Waals surface area contributed by atoms with Crippen molar-refractivity contribution in [1.82, 2.24) is 4.90 Å². The van der Waals surface area contributed by atoms with Gasteiger partial charge in [0.2, 0.25) is 5.78 Å². The number of nitrogens with zero attached hydrogens (tertiary/aromatic N) is 1. The van der Waals surface area contributed by atoms with E-state index in [0.29, 0.717) is 32.4 Å². The molecule has 1 aliphatic heterocycles. The highest BCUT2D eigenvalue weighted by Crippen LogP contribution is 2.30. The first kappa shape index (κ1) is 32.4. The zero-order valence-corrected chi connectivity index (χ0v) is 25.5. The summed E-state index contributed by atoms with van der Waals surface area (Å²) in [4.78, 5) is 41.4. The molecule has 6 nitrogen and oxygen atoms in total. The minimum absolute atomic E-state index is 0.389. The zero-order chi connectivity index (χ0) is 29.7. The topological polar surface area (TPSA) is 72.9 Å². The number of carbonyl (C=O) groups is 3. The van der Waals surface area contributed by atoms with Crippen LogP contribution in [-0.2, 0) is 25.5 Å². The lowest BCUT2D eigenvalue weighted by atomic mass is 9.84. The molecule has 0 spiro atoms. The van der Waals surface area contributed by atoms with Crippen molar-refractivity contribution < 1.29 is 23.9 Å². The fourth-order valence-electron chi connectivity index (χ4n) is 5.16. The number of amides is 1. The Hall–Kier alpha value is -3.15. The second kappa shape index (κ2) is 16.3. The van der Waals surface area contributed by atoms with Gasteiger partial charge in [-0.05, 0) is 68.2 Å². The number of likely N-dealkylation sites (tertiary alicyclic amines) is 1. The Bertz CT molecular complexity index is 1110. The van der Waals surface area contributed by atoms with Crippen LogP contribution < -0.4 is 4.74 Å². The van der Waals surface area contributed by atoms with Gasteiger partial charge in [-0.3, -0.25) is 9.59 Å². The lowest BCUT2D eigenvalue weighted by Gasteiger charge is -2.36. The Balaban J connectivity index is 1.75. The number of unbranched alkanes of at least 4 members (excludes halogenated alkanes) is 4. The number of piperidine rings is 1. The van der Waals surface area contributed by atoms with E-state index >= 15 is 0 Å². The third-order valence-corrected chi connectivity index (χ3v) is 8.27. The molecule has 1 fully saturated rings. The summed E-state index contributed by atoms with van der Waals surface area (Å²) < 4.78 is 12.2. The standard InChI is InChI=1S/C35H49NO5/c1-5-7-8-9-15-25-40-29-20-16-19-28(26-29)31(23-22-27-17-11-10-12-18-27)41-34(39)30-21-13-14-24-36(30)33(38)32(37)35(3,4)6-2/h10-12,16-20,26,30-31H,5-9,13-15,21-25H2,1-4H3. The molecule has 0 N–H and O–H groups in total. The number of Topliss-reactive ketones (excluding diaryl/α,β-unsaturated/α-hetero) is 1. The van der Waals surface area contributed by atoms with E-state index in [4.69, 9.17) is 9.47 Å². The number of hydrogen-bond acceptors (Lipinski definition) is 5. The summed E-state index contributed by atoms with van der Waals surface area (Å²) in [5.74, 6) is -0.699. The molecule has 1 aliphatic rings. The Morgan fingerprint density at radius 1 is 0.951 bits per heavy atom. The molecule has 0 aliphatic carbocycles. The van der Waals surface area contributed by atoms with Crippen LogP contribution in [0.2, 0.25) is 0 Å². The van der Waals surface area contributed by atoms with Crippen LogP contribution in [-0.4, -0.2) is 41.8 Å². The van der Waals surface area contributed by atoms with E-state index in [9.17, 15) is 14.4 Å². The van der Waals surface area contributed by atoms with Crippen LogP contribution in [0.3, 0.4) is 0 Å². The van der Waals surface area contributed by atoms with Gasteiger partial charge in [0.25, 0.3) is 5.91 Å². The van der Waals surface area contributed by atoms with Crippen LogP contribution in [0.25, 0.3) is 0 Å². The normalized spacial score (nSPS) is 16.2. The van der Waals surface area contributed by atoms with Crippen molar-refractivity contribution >= 4 is 17.7 Å². The lowest BCUT2D eigenvalue weighted by Crippen LogP contribution is -2.53. The maximum Gasteiger partial charge on any atom is 0.329 e. The predicted molar refractivity (Wildman–Crippen MR) is 163 cm³/mol. The van der Waals surface area contributed by atoms with Crippen LogP contribution in [0.1, 0.15) is 109 Å². The quantitative estimate of drug-likeness (QED) is 0.119. The van der Waals surface area contributed by atoms with Gasteiger partial charge in [-0.25, -0.2) is 4.79 Å². The van der Waals surface area contributed by atoms with E-state index in [-0.39, 0.29) is 0 Å². The summed E-state index contributed by atoms with van der Waals surface area (Å²) in [5, 5.41) is 0. The van der Waals surface area contributed by atoms with Crippen LogP contribution >= 0.6 is 0 Å². The fraction of sp³-hybridized carbons (Fsp3) is 0.571. The maximum absolute atomic E-state index is 13.7. The second-order valence-corrected chi connectivity index (χ2v) is 11.9. The number of rotatable bonds is 16. The molecule has 41 heavy (non-hydrogen) atoms. The van der Waals surface area contributed by atoms with Crippen molar-refractivity contribution in [3.63, 3.8) is 0 Å². The second-order valence-electron chi connectivity index (χ2n) is 11.9. The number of benzene rings is 2. The summed E-state index contributed by atoms with van der Waals surface area (Å²) in [6.45, 7) is 8.71. The maximum atomic E-state index is 13.7. The van der Waals surface area contributed by atoms with Crippen LogP contribution in [0.4, 0.5) is 0 Å². The first-order valence-electron chi connectivity index (χ1n) is 15.6. The van der Waals surface area contributed by atoms with Crippen molar-refractivity contribution in [2.45, 2.75) is 110 Å². The van der Waals surface area contributed by atoms with E-state index in [1.165, 1.54) is 24.2 Å². The van der Waals surface area contributed by atoms with E-state index < -0.39 is 35.2 Å². The Morgan fingerprint density at radius 3 is 2.44 bits per heavy atom. The van der Waals surface area contributed by atoms with Gasteiger partial charge < -0.3 is 14.4 Å². The van der Waals surface area contributed by atoms with Crippen LogP contribution in [0.15, 0.2) is 54.6 Å².